The zero-order valence-corrected chi connectivity index (χ0v) is 17.6. The molecule has 160 valence electrons. The summed E-state index contributed by atoms with van der Waals surface area (Å²) in [6.45, 7) is 2.75. The minimum absolute atomic E-state index is 0.0138. The molecule has 3 aromatic rings. The minimum Gasteiger partial charge on any atom is -0.494 e. The molecule has 5 heteroatoms. The molecular formula is C26H27NO4. The average molecular weight is 418 g/mol. The van der Waals surface area contributed by atoms with E-state index >= 15 is 0 Å². The fourth-order valence-electron chi connectivity index (χ4n) is 4.20. The van der Waals surface area contributed by atoms with Gasteiger partial charge in [0.2, 0.25) is 0 Å². The van der Waals surface area contributed by atoms with Gasteiger partial charge in [0.05, 0.1) is 12.6 Å². The third kappa shape index (κ3) is 4.57. The van der Waals surface area contributed by atoms with Crippen molar-refractivity contribution >= 4 is 6.09 Å². The number of aliphatic hydroxyl groups excluding tert-OH is 1. The second-order valence-electron chi connectivity index (χ2n) is 7.54. The van der Waals surface area contributed by atoms with Gasteiger partial charge < -0.3 is 19.9 Å². The van der Waals surface area contributed by atoms with Crippen LogP contribution in [0.25, 0.3) is 11.1 Å². The average Bonchev–Trinajstić information content (AvgIpc) is 3.12. The largest absolute Gasteiger partial charge is 0.494 e. The van der Waals surface area contributed by atoms with Crippen molar-refractivity contribution in [3.05, 3.63) is 89.5 Å². The molecule has 0 bridgehead atoms. The Morgan fingerprint density at radius 3 is 2.16 bits per heavy atom. The quantitative estimate of drug-likeness (QED) is 0.538. The number of nitrogens with one attached hydrogen (secondary N) is 1. The number of hydrogen-bond acceptors (Lipinski definition) is 4. The van der Waals surface area contributed by atoms with Crippen molar-refractivity contribution in [1.82, 2.24) is 5.32 Å². The fourth-order valence-corrected chi connectivity index (χ4v) is 4.20. The van der Waals surface area contributed by atoms with E-state index in [0.717, 1.165) is 11.3 Å². The van der Waals surface area contributed by atoms with Gasteiger partial charge >= 0.3 is 6.09 Å². The second-order valence-corrected chi connectivity index (χ2v) is 7.54. The Labute approximate surface area is 182 Å². The van der Waals surface area contributed by atoms with Gasteiger partial charge in [-0.15, -0.1) is 0 Å². The molecule has 1 unspecified atom stereocenters. The predicted molar refractivity (Wildman–Crippen MR) is 120 cm³/mol. The van der Waals surface area contributed by atoms with Crippen LogP contribution in [0.4, 0.5) is 4.79 Å². The molecule has 0 fully saturated rings. The number of ether oxygens (including phenoxy) is 2. The monoisotopic (exact) mass is 417 g/mol. The molecular weight excluding hydrogens is 390 g/mol. The van der Waals surface area contributed by atoms with Crippen molar-refractivity contribution in [3.63, 3.8) is 0 Å². The second kappa shape index (κ2) is 9.67. The molecule has 0 spiro atoms. The number of rotatable bonds is 8. The molecule has 4 rings (SSSR count). The Balaban J connectivity index is 1.43. The van der Waals surface area contributed by atoms with E-state index in [1.165, 1.54) is 22.3 Å². The number of carbonyl (C=O) groups is 1. The van der Waals surface area contributed by atoms with E-state index in [9.17, 15) is 9.90 Å². The molecule has 1 aliphatic rings. The van der Waals surface area contributed by atoms with E-state index in [4.69, 9.17) is 9.47 Å². The summed E-state index contributed by atoms with van der Waals surface area (Å²) in [6, 6.07) is 23.7. The summed E-state index contributed by atoms with van der Waals surface area (Å²) in [6.07, 6.45) is -0.0905. The highest BCUT2D eigenvalue weighted by molar-refractivity contribution is 5.79. The smallest absolute Gasteiger partial charge is 0.407 e. The van der Waals surface area contributed by atoms with Gasteiger partial charge in [-0.3, -0.25) is 0 Å². The van der Waals surface area contributed by atoms with Crippen LogP contribution in [0.5, 0.6) is 5.75 Å². The molecule has 2 N–H and O–H groups in total. The normalized spacial score (nSPS) is 13.2. The number of fused-ring (bicyclic) bond motifs is 3. The highest BCUT2D eigenvalue weighted by Crippen LogP contribution is 2.44. The highest BCUT2D eigenvalue weighted by Gasteiger charge is 2.29. The molecule has 1 amide bonds. The van der Waals surface area contributed by atoms with Crippen LogP contribution in [0.2, 0.25) is 0 Å². The minimum atomic E-state index is -0.491. The SMILES string of the molecule is CCOc1ccc(C(CCO)NC(=O)OCC2c3ccccc3-c3ccccc32)cc1. The molecule has 5 nitrogen and oxygen atoms in total. The lowest BCUT2D eigenvalue weighted by Gasteiger charge is -2.20. The molecule has 0 heterocycles. The van der Waals surface area contributed by atoms with Crippen LogP contribution >= 0.6 is 0 Å². The van der Waals surface area contributed by atoms with Crippen LogP contribution in [-0.2, 0) is 4.74 Å². The molecule has 3 aromatic carbocycles. The van der Waals surface area contributed by atoms with E-state index in [0.29, 0.717) is 13.0 Å². The summed E-state index contributed by atoms with van der Waals surface area (Å²) in [5.74, 6) is 0.787. The molecule has 1 aliphatic carbocycles. The lowest BCUT2D eigenvalue weighted by molar-refractivity contribution is 0.136. The first-order valence-corrected chi connectivity index (χ1v) is 10.7. The zero-order chi connectivity index (χ0) is 21.6. The molecule has 0 saturated carbocycles. The summed E-state index contributed by atoms with van der Waals surface area (Å²) in [7, 11) is 0. The summed E-state index contributed by atoms with van der Waals surface area (Å²) in [4.78, 5) is 12.6. The fraction of sp³-hybridized carbons (Fsp3) is 0.269. The van der Waals surface area contributed by atoms with Gasteiger partial charge in [-0.2, -0.15) is 0 Å². The van der Waals surface area contributed by atoms with Crippen LogP contribution in [0, 0.1) is 0 Å². The maximum absolute atomic E-state index is 12.6. The molecule has 31 heavy (non-hydrogen) atoms. The topological polar surface area (TPSA) is 67.8 Å². The Hall–Kier alpha value is -3.31. The zero-order valence-electron chi connectivity index (χ0n) is 17.6. The molecule has 0 aliphatic heterocycles. The van der Waals surface area contributed by atoms with Gasteiger partial charge in [0.15, 0.2) is 0 Å². The predicted octanol–water partition coefficient (Wildman–Crippen LogP) is 5.05. The first kappa shape index (κ1) is 20.9. The Morgan fingerprint density at radius 1 is 0.968 bits per heavy atom. The van der Waals surface area contributed by atoms with Gasteiger partial charge in [0.1, 0.15) is 12.4 Å². The van der Waals surface area contributed by atoms with Crippen LogP contribution in [0.3, 0.4) is 0 Å². The van der Waals surface area contributed by atoms with Crippen molar-refractivity contribution in [3.8, 4) is 16.9 Å². The van der Waals surface area contributed by atoms with Gasteiger partial charge in [0, 0.05) is 12.5 Å². The maximum Gasteiger partial charge on any atom is 0.407 e. The van der Waals surface area contributed by atoms with E-state index in [1.54, 1.807) is 0 Å². The lowest BCUT2D eigenvalue weighted by Crippen LogP contribution is -2.31. The van der Waals surface area contributed by atoms with Crippen LogP contribution < -0.4 is 10.1 Å². The third-order valence-corrected chi connectivity index (χ3v) is 5.65. The summed E-state index contributed by atoms with van der Waals surface area (Å²) in [5, 5.41) is 12.3. The Morgan fingerprint density at radius 2 is 1.58 bits per heavy atom. The number of alkyl carbamates (subject to hydrolysis) is 1. The number of hydrogen-bond donors (Lipinski definition) is 2. The summed E-state index contributed by atoms with van der Waals surface area (Å²) < 4.78 is 11.1. The van der Waals surface area contributed by atoms with Gasteiger partial charge in [-0.05, 0) is 53.3 Å². The highest BCUT2D eigenvalue weighted by atomic mass is 16.5. The van der Waals surface area contributed by atoms with Crippen molar-refractivity contribution < 1.29 is 19.4 Å². The molecule has 0 radical (unpaired) electrons. The van der Waals surface area contributed by atoms with Gasteiger partial charge in [0.25, 0.3) is 0 Å². The van der Waals surface area contributed by atoms with E-state index in [-0.39, 0.29) is 25.2 Å². The number of aliphatic hydroxyl groups is 1. The Kier molecular flexibility index (Phi) is 6.53. The lowest BCUT2D eigenvalue weighted by atomic mass is 9.98. The van der Waals surface area contributed by atoms with E-state index in [1.807, 2.05) is 55.5 Å². The molecule has 0 aromatic heterocycles. The van der Waals surface area contributed by atoms with Gasteiger partial charge in [-0.1, -0.05) is 60.7 Å². The van der Waals surface area contributed by atoms with Crippen molar-refractivity contribution in [2.45, 2.75) is 25.3 Å². The number of benzene rings is 3. The van der Waals surface area contributed by atoms with Crippen molar-refractivity contribution in [2.75, 3.05) is 19.8 Å². The maximum atomic E-state index is 12.6. The first-order valence-electron chi connectivity index (χ1n) is 10.7. The third-order valence-electron chi connectivity index (χ3n) is 5.65. The Bertz CT molecular complexity index is 986. The summed E-state index contributed by atoms with van der Waals surface area (Å²) >= 11 is 0. The van der Waals surface area contributed by atoms with Crippen LogP contribution in [-0.4, -0.2) is 31.0 Å². The van der Waals surface area contributed by atoms with Crippen LogP contribution in [0.15, 0.2) is 72.8 Å². The van der Waals surface area contributed by atoms with Crippen molar-refractivity contribution in [2.24, 2.45) is 0 Å². The van der Waals surface area contributed by atoms with Crippen LogP contribution in [0.1, 0.15) is 42.0 Å². The number of amides is 1. The first-order chi connectivity index (χ1) is 15.2. The number of carbonyl (C=O) groups excluding carboxylic acids is 1. The molecule has 1 atom stereocenters. The summed E-state index contributed by atoms with van der Waals surface area (Å²) in [5.41, 5.74) is 5.63. The van der Waals surface area contributed by atoms with Crippen molar-refractivity contribution in [1.29, 1.82) is 0 Å². The standard InChI is InChI=1S/C26H27NO4/c1-2-30-19-13-11-18(12-14-19)25(15-16-28)27-26(29)31-17-24-22-9-5-3-7-20(22)21-8-4-6-10-23(21)24/h3-14,24-25,28H,2,15-17H2,1H3,(H,27,29). The van der Waals surface area contributed by atoms with E-state index in [2.05, 4.69) is 29.6 Å². The van der Waals surface area contributed by atoms with Gasteiger partial charge in [-0.25, -0.2) is 4.79 Å². The van der Waals surface area contributed by atoms with E-state index < -0.39 is 6.09 Å². The molecule has 0 saturated heterocycles.